The maximum atomic E-state index is 12.4. The molecule has 0 radical (unpaired) electrons. The summed E-state index contributed by atoms with van der Waals surface area (Å²) in [6, 6.07) is 10.1. The van der Waals surface area contributed by atoms with Gasteiger partial charge in [0.25, 0.3) is 0 Å². The molecule has 23 heavy (non-hydrogen) atoms. The van der Waals surface area contributed by atoms with Gasteiger partial charge < -0.3 is 9.88 Å². The molecule has 0 aliphatic carbocycles. The molecule has 0 atom stereocenters. The van der Waals surface area contributed by atoms with Gasteiger partial charge in [-0.1, -0.05) is 18.2 Å². The minimum absolute atomic E-state index is 0.0417. The van der Waals surface area contributed by atoms with Gasteiger partial charge in [0.05, 0.1) is 17.4 Å². The van der Waals surface area contributed by atoms with Crippen LogP contribution in [0.1, 0.15) is 22.3 Å². The molecule has 0 aliphatic heterocycles. The largest absolute Gasteiger partial charge is 0.324 e. The second-order valence-corrected chi connectivity index (χ2v) is 6.11. The van der Waals surface area contributed by atoms with Crippen molar-refractivity contribution in [2.45, 2.75) is 34.2 Å². The van der Waals surface area contributed by atoms with Crippen LogP contribution in [0, 0.1) is 27.7 Å². The molecule has 0 spiro atoms. The Morgan fingerprint density at radius 3 is 2.39 bits per heavy atom. The van der Waals surface area contributed by atoms with Crippen LogP contribution in [0.2, 0.25) is 0 Å². The van der Waals surface area contributed by atoms with E-state index in [-0.39, 0.29) is 12.5 Å². The third kappa shape index (κ3) is 2.97. The Labute approximate surface area is 136 Å². The maximum Gasteiger partial charge on any atom is 0.244 e. The first-order valence-electron chi connectivity index (χ1n) is 7.74. The summed E-state index contributed by atoms with van der Waals surface area (Å²) in [5.74, 6) is -0.0417. The molecule has 1 N–H and O–H groups in total. The number of nitrogens with one attached hydrogen (secondary N) is 1. The third-order valence-electron chi connectivity index (χ3n) is 4.30. The molecule has 1 aromatic heterocycles. The van der Waals surface area contributed by atoms with Crippen molar-refractivity contribution in [1.82, 2.24) is 9.55 Å². The van der Waals surface area contributed by atoms with Crippen LogP contribution in [-0.4, -0.2) is 15.5 Å². The molecule has 4 nitrogen and oxygen atoms in total. The predicted molar refractivity (Wildman–Crippen MR) is 93.8 cm³/mol. The van der Waals surface area contributed by atoms with Crippen molar-refractivity contribution in [2.24, 2.45) is 0 Å². The van der Waals surface area contributed by atoms with Gasteiger partial charge in [0.15, 0.2) is 0 Å². The Hall–Kier alpha value is -2.62. The van der Waals surface area contributed by atoms with Crippen molar-refractivity contribution in [3.8, 4) is 0 Å². The number of anilines is 1. The van der Waals surface area contributed by atoms with E-state index in [1.54, 1.807) is 6.33 Å². The zero-order chi connectivity index (χ0) is 16.6. The van der Waals surface area contributed by atoms with Gasteiger partial charge in [-0.25, -0.2) is 4.98 Å². The normalized spacial score (nSPS) is 11.0. The topological polar surface area (TPSA) is 46.9 Å². The summed E-state index contributed by atoms with van der Waals surface area (Å²) in [6.07, 6.45) is 1.73. The van der Waals surface area contributed by atoms with Crippen molar-refractivity contribution >= 4 is 22.6 Å². The van der Waals surface area contributed by atoms with Crippen molar-refractivity contribution in [3.63, 3.8) is 0 Å². The van der Waals surface area contributed by atoms with Crippen LogP contribution >= 0.6 is 0 Å². The van der Waals surface area contributed by atoms with Crippen molar-refractivity contribution in [2.75, 3.05) is 5.32 Å². The molecule has 4 heteroatoms. The van der Waals surface area contributed by atoms with Crippen molar-refractivity contribution in [3.05, 3.63) is 58.9 Å². The number of aromatic nitrogens is 2. The lowest BCUT2D eigenvalue weighted by molar-refractivity contribution is -0.116. The number of benzene rings is 2. The van der Waals surface area contributed by atoms with E-state index in [0.717, 1.165) is 27.8 Å². The number of hydrogen-bond donors (Lipinski definition) is 1. The molecule has 0 aliphatic rings. The number of amides is 1. The number of aryl methyl sites for hydroxylation is 4. The highest BCUT2D eigenvalue weighted by Crippen LogP contribution is 2.21. The number of carbonyl (C=O) groups excluding carboxylic acids is 1. The second-order valence-electron chi connectivity index (χ2n) is 6.11. The van der Waals surface area contributed by atoms with Crippen LogP contribution in [-0.2, 0) is 11.3 Å². The predicted octanol–water partition coefficient (Wildman–Crippen LogP) is 3.91. The number of carbonyl (C=O) groups is 1. The lowest BCUT2D eigenvalue weighted by Crippen LogP contribution is -2.19. The van der Waals surface area contributed by atoms with Crippen molar-refractivity contribution in [1.29, 1.82) is 0 Å². The Morgan fingerprint density at radius 2 is 1.70 bits per heavy atom. The highest BCUT2D eigenvalue weighted by Gasteiger charge is 2.11. The fourth-order valence-corrected chi connectivity index (χ4v) is 2.78. The first-order valence-corrected chi connectivity index (χ1v) is 7.74. The summed E-state index contributed by atoms with van der Waals surface area (Å²) in [5, 5.41) is 3.02. The smallest absolute Gasteiger partial charge is 0.244 e. The fourth-order valence-electron chi connectivity index (χ4n) is 2.78. The summed E-state index contributed by atoms with van der Waals surface area (Å²) < 4.78 is 1.89. The zero-order valence-electron chi connectivity index (χ0n) is 14.0. The number of hydrogen-bond acceptors (Lipinski definition) is 2. The van der Waals surface area contributed by atoms with Gasteiger partial charge in [-0.2, -0.15) is 0 Å². The number of para-hydroxylation sites is 1. The molecule has 0 saturated heterocycles. The molecule has 2 aromatic carbocycles. The molecule has 3 aromatic rings. The molecule has 0 saturated carbocycles. The Balaban J connectivity index is 1.85. The molecular formula is C19H21N3O. The van der Waals surface area contributed by atoms with E-state index in [2.05, 4.69) is 36.3 Å². The van der Waals surface area contributed by atoms with Crippen LogP contribution in [0.15, 0.2) is 36.7 Å². The molecule has 1 amide bonds. The molecule has 1 heterocycles. The number of nitrogens with zero attached hydrogens (tertiary/aromatic N) is 2. The monoisotopic (exact) mass is 307 g/mol. The minimum Gasteiger partial charge on any atom is -0.324 e. The minimum atomic E-state index is -0.0417. The van der Waals surface area contributed by atoms with E-state index in [4.69, 9.17) is 0 Å². The van der Waals surface area contributed by atoms with Gasteiger partial charge in [0.1, 0.15) is 6.54 Å². The molecule has 0 bridgehead atoms. The third-order valence-corrected chi connectivity index (χ3v) is 4.30. The maximum absolute atomic E-state index is 12.4. The lowest BCUT2D eigenvalue weighted by atomic mass is 10.1. The Morgan fingerprint density at radius 1 is 1.04 bits per heavy atom. The molecule has 0 unspecified atom stereocenters. The Bertz CT molecular complexity index is 873. The highest BCUT2D eigenvalue weighted by atomic mass is 16.1. The van der Waals surface area contributed by atoms with E-state index in [0.29, 0.717) is 0 Å². The lowest BCUT2D eigenvalue weighted by Gasteiger charge is -2.12. The van der Waals surface area contributed by atoms with Gasteiger partial charge in [-0.15, -0.1) is 0 Å². The number of fused-ring (bicyclic) bond motifs is 1. The standard InChI is InChI=1S/C19H21N3O/c1-12-6-5-7-13(2)19(12)21-18(23)10-22-11-20-16-8-14(3)15(4)9-17(16)22/h5-9,11H,10H2,1-4H3,(H,21,23). The van der Waals surface area contributed by atoms with Crippen LogP contribution in [0.4, 0.5) is 5.69 Å². The SMILES string of the molecule is Cc1cc2ncn(CC(=O)Nc3c(C)cccc3C)c2cc1C. The van der Waals surface area contributed by atoms with Crippen LogP contribution in [0.5, 0.6) is 0 Å². The summed E-state index contributed by atoms with van der Waals surface area (Å²) in [4.78, 5) is 16.8. The van der Waals surface area contributed by atoms with Gasteiger partial charge in [-0.3, -0.25) is 4.79 Å². The van der Waals surface area contributed by atoms with Gasteiger partial charge in [-0.05, 0) is 62.1 Å². The molecule has 118 valence electrons. The number of rotatable bonds is 3. The van der Waals surface area contributed by atoms with Gasteiger partial charge >= 0.3 is 0 Å². The van der Waals surface area contributed by atoms with Crippen LogP contribution in [0.3, 0.4) is 0 Å². The van der Waals surface area contributed by atoms with E-state index in [9.17, 15) is 4.79 Å². The molecule has 3 rings (SSSR count). The second kappa shape index (κ2) is 5.88. The van der Waals surface area contributed by atoms with Gasteiger partial charge in [0.2, 0.25) is 5.91 Å². The summed E-state index contributed by atoms with van der Waals surface area (Å²) in [6.45, 7) is 8.40. The average Bonchev–Trinajstić information content (AvgIpc) is 2.86. The summed E-state index contributed by atoms with van der Waals surface area (Å²) >= 11 is 0. The zero-order valence-corrected chi connectivity index (χ0v) is 14.0. The quantitative estimate of drug-likeness (QED) is 0.797. The van der Waals surface area contributed by atoms with E-state index in [1.165, 1.54) is 11.1 Å². The number of imidazole rings is 1. The van der Waals surface area contributed by atoms with Gasteiger partial charge in [0, 0.05) is 5.69 Å². The molecule has 0 fully saturated rings. The van der Waals surface area contributed by atoms with Crippen LogP contribution < -0.4 is 5.32 Å². The van der Waals surface area contributed by atoms with Crippen LogP contribution in [0.25, 0.3) is 11.0 Å². The average molecular weight is 307 g/mol. The fraction of sp³-hybridized carbons (Fsp3) is 0.263. The van der Waals surface area contributed by atoms with E-state index >= 15 is 0 Å². The van der Waals surface area contributed by atoms with Crippen molar-refractivity contribution < 1.29 is 4.79 Å². The summed E-state index contributed by atoms with van der Waals surface area (Å²) in [7, 11) is 0. The highest BCUT2D eigenvalue weighted by molar-refractivity contribution is 5.93. The van der Waals surface area contributed by atoms with E-state index < -0.39 is 0 Å². The molecular weight excluding hydrogens is 286 g/mol. The first kappa shape index (κ1) is 15.3. The van der Waals surface area contributed by atoms with E-state index in [1.807, 2.05) is 36.6 Å². The first-order chi connectivity index (χ1) is 11.0. The summed E-state index contributed by atoms with van der Waals surface area (Å²) in [5.41, 5.74) is 7.37. The Kier molecular flexibility index (Phi) is 3.90.